The molecule has 0 fully saturated rings. The van der Waals surface area contributed by atoms with Crippen LogP contribution in [-0.4, -0.2) is 11.6 Å². The van der Waals surface area contributed by atoms with Crippen molar-refractivity contribution < 1.29 is 4.74 Å². The summed E-state index contributed by atoms with van der Waals surface area (Å²) in [6.45, 7) is 4.51. The lowest BCUT2D eigenvalue weighted by atomic mass is 9.90. The van der Waals surface area contributed by atoms with Crippen molar-refractivity contribution in [3.63, 3.8) is 0 Å². The van der Waals surface area contributed by atoms with Crippen LogP contribution < -0.4 is 4.74 Å². The Balaban J connectivity index is 1.90. The molecule has 0 aliphatic heterocycles. The Morgan fingerprint density at radius 1 is 1.32 bits per heavy atom. The second-order valence-corrected chi connectivity index (χ2v) is 5.31. The van der Waals surface area contributed by atoms with Crippen molar-refractivity contribution in [2.45, 2.75) is 26.7 Å². The molecular weight excluding hydrogens is 236 g/mol. The van der Waals surface area contributed by atoms with Crippen molar-refractivity contribution in [2.24, 2.45) is 5.41 Å². The molecule has 0 amide bonds. The zero-order chi connectivity index (χ0) is 13.7. The number of benzene rings is 1. The number of nitriles is 1. The lowest BCUT2D eigenvalue weighted by Gasteiger charge is -2.14. The molecule has 3 heteroatoms. The monoisotopic (exact) mass is 254 g/mol. The summed E-state index contributed by atoms with van der Waals surface area (Å²) in [5, 5.41) is 10.0. The van der Waals surface area contributed by atoms with Gasteiger partial charge in [0, 0.05) is 5.39 Å². The summed E-state index contributed by atoms with van der Waals surface area (Å²) in [5.41, 5.74) is 0.700. The highest BCUT2D eigenvalue weighted by Crippen LogP contribution is 2.22. The molecule has 1 heterocycles. The quantitative estimate of drug-likeness (QED) is 0.759. The van der Waals surface area contributed by atoms with Gasteiger partial charge in [-0.1, -0.05) is 18.2 Å². The summed E-state index contributed by atoms with van der Waals surface area (Å²) in [4.78, 5) is 4.35. The van der Waals surface area contributed by atoms with Crippen molar-refractivity contribution in [3.05, 3.63) is 36.5 Å². The number of pyridine rings is 1. The number of aromatic nitrogens is 1. The maximum atomic E-state index is 8.93. The normalized spacial score (nSPS) is 11.2. The molecule has 0 N–H and O–H groups in total. The number of hydrogen-bond acceptors (Lipinski definition) is 3. The van der Waals surface area contributed by atoms with Crippen LogP contribution in [0.2, 0.25) is 0 Å². The van der Waals surface area contributed by atoms with Gasteiger partial charge in [0.05, 0.1) is 29.8 Å². The first-order valence-electron chi connectivity index (χ1n) is 6.50. The zero-order valence-corrected chi connectivity index (χ0v) is 11.4. The molecule has 0 atom stereocenters. The van der Waals surface area contributed by atoms with Crippen LogP contribution in [0.5, 0.6) is 5.75 Å². The predicted octanol–water partition coefficient (Wildman–Crippen LogP) is 3.94. The maximum absolute atomic E-state index is 8.93. The van der Waals surface area contributed by atoms with E-state index in [1.54, 1.807) is 6.20 Å². The summed E-state index contributed by atoms with van der Waals surface area (Å²) in [5.74, 6) is 0.786. The van der Waals surface area contributed by atoms with Crippen LogP contribution in [0.4, 0.5) is 0 Å². The van der Waals surface area contributed by atoms with E-state index in [1.807, 2.05) is 44.2 Å². The lowest BCUT2D eigenvalue weighted by Crippen LogP contribution is -2.10. The maximum Gasteiger partial charge on any atom is 0.138 e. The lowest BCUT2D eigenvalue weighted by molar-refractivity contribution is 0.284. The number of para-hydroxylation sites is 1. The van der Waals surface area contributed by atoms with Gasteiger partial charge in [0.15, 0.2) is 0 Å². The van der Waals surface area contributed by atoms with E-state index in [1.165, 1.54) is 0 Å². The predicted molar refractivity (Wildman–Crippen MR) is 75.9 cm³/mol. The summed E-state index contributed by atoms with van der Waals surface area (Å²) in [6, 6.07) is 12.3. The zero-order valence-electron chi connectivity index (χ0n) is 11.4. The number of ether oxygens (including phenoxy) is 1. The van der Waals surface area contributed by atoms with E-state index in [0.29, 0.717) is 6.61 Å². The fourth-order valence-corrected chi connectivity index (χ4v) is 1.89. The van der Waals surface area contributed by atoms with Gasteiger partial charge >= 0.3 is 0 Å². The van der Waals surface area contributed by atoms with Crippen LogP contribution in [0.3, 0.4) is 0 Å². The Morgan fingerprint density at radius 3 is 2.89 bits per heavy atom. The fraction of sp³-hybridized carbons (Fsp3) is 0.375. The number of fused-ring (bicyclic) bond motifs is 1. The molecule has 0 aliphatic rings. The van der Waals surface area contributed by atoms with Gasteiger partial charge in [-0.2, -0.15) is 5.26 Å². The average Bonchev–Trinajstić information content (AvgIpc) is 2.43. The van der Waals surface area contributed by atoms with Gasteiger partial charge in [0.2, 0.25) is 0 Å². The smallest absolute Gasteiger partial charge is 0.138 e. The Kier molecular flexibility index (Phi) is 4.01. The molecule has 0 saturated carbocycles. The standard InChI is InChI=1S/C16H18N2O/c1-16(2,12-17)8-5-9-19-14-10-13-6-3-4-7-15(13)18-11-14/h3-4,6-7,10-11H,5,8-9H2,1-2H3. The second kappa shape index (κ2) is 5.71. The van der Waals surface area contributed by atoms with Gasteiger partial charge in [-0.15, -0.1) is 0 Å². The first-order valence-corrected chi connectivity index (χ1v) is 6.50. The molecule has 1 aromatic heterocycles. The Labute approximate surface area is 113 Å². The van der Waals surface area contributed by atoms with Crippen LogP contribution >= 0.6 is 0 Å². The minimum atomic E-state index is -0.273. The number of nitrogens with zero attached hydrogens (tertiary/aromatic N) is 2. The van der Waals surface area contributed by atoms with Crippen molar-refractivity contribution in [2.75, 3.05) is 6.61 Å². The van der Waals surface area contributed by atoms with Gasteiger partial charge in [0.1, 0.15) is 5.75 Å². The third kappa shape index (κ3) is 3.69. The Bertz CT molecular complexity index is 599. The summed E-state index contributed by atoms with van der Waals surface area (Å²) in [7, 11) is 0. The molecule has 0 aliphatic carbocycles. The van der Waals surface area contributed by atoms with Crippen LogP contribution in [0.1, 0.15) is 26.7 Å². The van der Waals surface area contributed by atoms with Crippen LogP contribution in [0.15, 0.2) is 36.5 Å². The fourth-order valence-electron chi connectivity index (χ4n) is 1.89. The van der Waals surface area contributed by atoms with Gasteiger partial charge in [-0.25, -0.2) is 0 Å². The Morgan fingerprint density at radius 2 is 2.11 bits per heavy atom. The van der Waals surface area contributed by atoms with Crippen molar-refractivity contribution >= 4 is 10.9 Å². The molecule has 19 heavy (non-hydrogen) atoms. The molecule has 0 bridgehead atoms. The molecule has 1 aromatic carbocycles. The van der Waals surface area contributed by atoms with E-state index in [9.17, 15) is 0 Å². The summed E-state index contributed by atoms with van der Waals surface area (Å²) >= 11 is 0. The molecule has 0 radical (unpaired) electrons. The molecule has 0 saturated heterocycles. The molecule has 0 unspecified atom stereocenters. The summed E-state index contributed by atoms with van der Waals surface area (Å²) < 4.78 is 5.68. The first kappa shape index (κ1) is 13.4. The highest BCUT2D eigenvalue weighted by atomic mass is 16.5. The van der Waals surface area contributed by atoms with Crippen LogP contribution in [0, 0.1) is 16.7 Å². The van der Waals surface area contributed by atoms with Gasteiger partial charge in [-0.3, -0.25) is 4.98 Å². The first-order chi connectivity index (χ1) is 9.11. The minimum absolute atomic E-state index is 0.273. The van der Waals surface area contributed by atoms with E-state index in [0.717, 1.165) is 29.5 Å². The number of rotatable bonds is 5. The molecule has 2 rings (SSSR count). The van der Waals surface area contributed by atoms with Crippen LogP contribution in [-0.2, 0) is 0 Å². The molecule has 2 aromatic rings. The third-order valence-corrected chi connectivity index (χ3v) is 3.08. The topological polar surface area (TPSA) is 45.9 Å². The second-order valence-electron chi connectivity index (χ2n) is 5.31. The van der Waals surface area contributed by atoms with E-state index in [-0.39, 0.29) is 5.41 Å². The van der Waals surface area contributed by atoms with Crippen molar-refractivity contribution in [1.82, 2.24) is 4.98 Å². The van der Waals surface area contributed by atoms with E-state index < -0.39 is 0 Å². The highest BCUT2D eigenvalue weighted by Gasteiger charge is 2.15. The van der Waals surface area contributed by atoms with Crippen molar-refractivity contribution in [3.8, 4) is 11.8 Å². The van der Waals surface area contributed by atoms with Gasteiger partial charge in [0.25, 0.3) is 0 Å². The molecular formula is C16H18N2O. The van der Waals surface area contributed by atoms with E-state index >= 15 is 0 Å². The average molecular weight is 254 g/mol. The van der Waals surface area contributed by atoms with Crippen LogP contribution in [0.25, 0.3) is 10.9 Å². The van der Waals surface area contributed by atoms with E-state index in [2.05, 4.69) is 11.1 Å². The largest absolute Gasteiger partial charge is 0.492 e. The molecule has 0 spiro atoms. The van der Waals surface area contributed by atoms with Crippen molar-refractivity contribution in [1.29, 1.82) is 5.26 Å². The summed E-state index contributed by atoms with van der Waals surface area (Å²) in [6.07, 6.45) is 3.45. The van der Waals surface area contributed by atoms with Gasteiger partial charge in [-0.05, 0) is 38.8 Å². The number of hydrogen-bond donors (Lipinski definition) is 0. The minimum Gasteiger partial charge on any atom is -0.492 e. The molecule has 3 nitrogen and oxygen atoms in total. The SMILES string of the molecule is CC(C)(C#N)CCCOc1cnc2ccccc2c1. The molecule has 98 valence electrons. The third-order valence-electron chi connectivity index (χ3n) is 3.08. The highest BCUT2D eigenvalue weighted by molar-refractivity contribution is 5.79. The van der Waals surface area contributed by atoms with E-state index in [4.69, 9.17) is 10.00 Å². The van der Waals surface area contributed by atoms with Gasteiger partial charge < -0.3 is 4.74 Å². The Hall–Kier alpha value is -2.08.